The Morgan fingerprint density at radius 1 is 1.21 bits per heavy atom. The molecule has 1 atom stereocenters. The molecule has 0 saturated carbocycles. The molecule has 0 saturated heterocycles. The quantitative estimate of drug-likeness (QED) is 0.647. The van der Waals surface area contributed by atoms with Gasteiger partial charge in [-0.25, -0.2) is 8.78 Å². The number of fused-ring (bicyclic) bond motifs is 1. The van der Waals surface area contributed by atoms with Crippen molar-refractivity contribution in [2.45, 2.75) is 26.2 Å². The van der Waals surface area contributed by atoms with Crippen LogP contribution in [0.15, 0.2) is 30.3 Å². The number of halogens is 3. The Bertz CT molecular complexity index is 1120. The van der Waals surface area contributed by atoms with Crippen LogP contribution in [0.5, 0.6) is 5.75 Å². The summed E-state index contributed by atoms with van der Waals surface area (Å²) in [5, 5.41) is 19.0. The van der Waals surface area contributed by atoms with Crippen molar-refractivity contribution in [2.75, 3.05) is 0 Å². The number of aliphatic carboxylic acids is 1. The molecule has 0 unspecified atom stereocenters. The zero-order valence-corrected chi connectivity index (χ0v) is 15.7. The molecule has 28 heavy (non-hydrogen) atoms. The van der Waals surface area contributed by atoms with E-state index in [1.165, 1.54) is 25.1 Å². The van der Waals surface area contributed by atoms with E-state index in [9.17, 15) is 28.6 Å². The molecule has 146 valence electrons. The number of benzene rings is 2. The fourth-order valence-electron chi connectivity index (χ4n) is 3.43. The van der Waals surface area contributed by atoms with Crippen LogP contribution >= 0.6 is 11.6 Å². The van der Waals surface area contributed by atoms with Crippen molar-refractivity contribution in [3.63, 3.8) is 0 Å². The number of hydrogen-bond acceptors (Lipinski definition) is 3. The summed E-state index contributed by atoms with van der Waals surface area (Å²) < 4.78 is 29.7. The van der Waals surface area contributed by atoms with Gasteiger partial charge in [0.1, 0.15) is 5.82 Å². The van der Waals surface area contributed by atoms with Crippen molar-refractivity contribution in [2.24, 2.45) is 0 Å². The van der Waals surface area contributed by atoms with E-state index in [2.05, 4.69) is 0 Å². The lowest BCUT2D eigenvalue weighted by Gasteiger charge is -2.12. The molecule has 8 heteroatoms. The van der Waals surface area contributed by atoms with Gasteiger partial charge in [-0.3, -0.25) is 14.2 Å². The minimum Gasteiger partial charge on any atom is -0.505 e. The van der Waals surface area contributed by atoms with Crippen LogP contribution in [-0.4, -0.2) is 26.7 Å². The van der Waals surface area contributed by atoms with E-state index in [0.717, 1.165) is 16.7 Å². The van der Waals surface area contributed by atoms with Crippen molar-refractivity contribution in [3.8, 4) is 5.75 Å². The number of nitrogens with zero attached hydrogens (tertiary/aromatic N) is 1. The van der Waals surface area contributed by atoms with Crippen molar-refractivity contribution in [3.05, 3.63) is 63.8 Å². The molecule has 0 aliphatic heterocycles. The summed E-state index contributed by atoms with van der Waals surface area (Å²) in [4.78, 5) is 24.8. The molecule has 2 N–H and O–H groups in total. The SMILES string of the molecule is CC[C@H](C(=O)O)c1c(C)n(C(=O)c2ccc(Cl)c(F)c2)c2ccc(O)c(F)c12. The van der Waals surface area contributed by atoms with Crippen LogP contribution in [0.25, 0.3) is 10.9 Å². The summed E-state index contributed by atoms with van der Waals surface area (Å²) in [5.74, 6) is -5.40. The minimum absolute atomic E-state index is 0.0368. The Kier molecular flexibility index (Phi) is 5.12. The van der Waals surface area contributed by atoms with Gasteiger partial charge in [0.05, 0.1) is 16.5 Å². The lowest BCUT2D eigenvalue weighted by Crippen LogP contribution is -2.16. The van der Waals surface area contributed by atoms with Gasteiger partial charge in [-0.05, 0) is 49.2 Å². The number of phenols is 1. The topological polar surface area (TPSA) is 79.5 Å². The van der Waals surface area contributed by atoms with Gasteiger partial charge in [0, 0.05) is 16.6 Å². The molecule has 0 spiro atoms. The number of phenolic OH excluding ortho intramolecular Hbond substituents is 1. The molecule has 0 radical (unpaired) electrons. The Hall–Kier alpha value is -2.93. The van der Waals surface area contributed by atoms with E-state index in [-0.39, 0.29) is 39.2 Å². The predicted octanol–water partition coefficient (Wildman–Crippen LogP) is 4.85. The highest BCUT2D eigenvalue weighted by molar-refractivity contribution is 6.30. The van der Waals surface area contributed by atoms with E-state index in [0.29, 0.717) is 0 Å². The normalized spacial score (nSPS) is 12.3. The Morgan fingerprint density at radius 2 is 1.89 bits per heavy atom. The molecule has 0 aliphatic carbocycles. The van der Waals surface area contributed by atoms with Gasteiger partial charge >= 0.3 is 5.97 Å². The van der Waals surface area contributed by atoms with Gasteiger partial charge in [0.15, 0.2) is 11.6 Å². The fourth-order valence-corrected chi connectivity index (χ4v) is 3.55. The van der Waals surface area contributed by atoms with Crippen molar-refractivity contribution in [1.82, 2.24) is 4.57 Å². The molecular weight excluding hydrogens is 392 g/mol. The van der Waals surface area contributed by atoms with Crippen LogP contribution < -0.4 is 0 Å². The number of carbonyl (C=O) groups excluding carboxylic acids is 1. The minimum atomic E-state index is -1.18. The number of carboxylic acids is 1. The first-order valence-electron chi connectivity index (χ1n) is 8.43. The van der Waals surface area contributed by atoms with Crippen molar-refractivity contribution in [1.29, 1.82) is 0 Å². The summed E-state index contributed by atoms with van der Waals surface area (Å²) in [7, 11) is 0. The molecule has 0 amide bonds. The number of aromatic nitrogens is 1. The lowest BCUT2D eigenvalue weighted by atomic mass is 9.93. The molecule has 5 nitrogen and oxygen atoms in total. The molecule has 1 aromatic heterocycles. The van der Waals surface area contributed by atoms with Crippen LogP contribution in [0.3, 0.4) is 0 Å². The smallest absolute Gasteiger partial charge is 0.311 e. The van der Waals surface area contributed by atoms with Crippen molar-refractivity contribution >= 4 is 34.4 Å². The number of rotatable bonds is 4. The van der Waals surface area contributed by atoms with Gasteiger partial charge in [0.25, 0.3) is 5.91 Å². The zero-order chi connectivity index (χ0) is 20.7. The largest absolute Gasteiger partial charge is 0.505 e. The maximum Gasteiger partial charge on any atom is 0.311 e. The van der Waals surface area contributed by atoms with E-state index >= 15 is 0 Å². The molecule has 3 aromatic rings. The van der Waals surface area contributed by atoms with Gasteiger partial charge in [-0.1, -0.05) is 18.5 Å². The van der Waals surface area contributed by atoms with Gasteiger partial charge in [0.2, 0.25) is 0 Å². The second-order valence-electron chi connectivity index (χ2n) is 6.36. The molecule has 1 heterocycles. The Labute approximate surface area is 163 Å². The number of hydrogen-bond donors (Lipinski definition) is 2. The maximum absolute atomic E-state index is 14.8. The molecule has 0 fully saturated rings. The zero-order valence-electron chi connectivity index (χ0n) is 15.0. The summed E-state index contributed by atoms with van der Waals surface area (Å²) in [6.45, 7) is 3.11. The maximum atomic E-state index is 14.8. The van der Waals surface area contributed by atoms with E-state index in [1.807, 2.05) is 0 Å². The molecule has 0 bridgehead atoms. The average Bonchev–Trinajstić information content (AvgIpc) is 2.93. The van der Waals surface area contributed by atoms with E-state index in [1.54, 1.807) is 6.92 Å². The van der Waals surface area contributed by atoms with E-state index < -0.39 is 35.2 Å². The molecule has 0 aliphatic rings. The lowest BCUT2D eigenvalue weighted by molar-refractivity contribution is -0.138. The second-order valence-corrected chi connectivity index (χ2v) is 6.77. The second kappa shape index (κ2) is 7.24. The monoisotopic (exact) mass is 407 g/mol. The summed E-state index contributed by atoms with van der Waals surface area (Å²) >= 11 is 5.66. The first kappa shape index (κ1) is 19.8. The van der Waals surface area contributed by atoms with Gasteiger partial charge in [-0.15, -0.1) is 0 Å². The predicted molar refractivity (Wildman–Crippen MR) is 100 cm³/mol. The standard InChI is InChI=1S/C20H16ClF2NO4/c1-3-11(20(27)28)16-9(2)24(14-6-7-15(25)18(23)17(14)16)19(26)10-4-5-12(21)13(22)8-10/h4-8,11,25H,3H2,1-2H3,(H,27,28)/t11-/m0/s1. The number of carboxylic acid groups (broad SMARTS) is 1. The van der Waals surface area contributed by atoms with Crippen LogP contribution in [-0.2, 0) is 4.79 Å². The highest BCUT2D eigenvalue weighted by atomic mass is 35.5. The van der Waals surface area contributed by atoms with Gasteiger partial charge in [-0.2, -0.15) is 0 Å². The first-order chi connectivity index (χ1) is 13.2. The summed E-state index contributed by atoms with van der Waals surface area (Å²) in [6, 6.07) is 5.91. The summed E-state index contributed by atoms with van der Waals surface area (Å²) in [6.07, 6.45) is 0.147. The molecular formula is C20H16ClF2NO4. The molecule has 2 aromatic carbocycles. The third kappa shape index (κ3) is 3.01. The average molecular weight is 408 g/mol. The Balaban J connectivity index is 2.36. The third-order valence-electron chi connectivity index (χ3n) is 4.76. The van der Waals surface area contributed by atoms with Crippen LogP contribution in [0.1, 0.15) is 40.9 Å². The van der Waals surface area contributed by atoms with Crippen LogP contribution in [0.2, 0.25) is 5.02 Å². The Morgan fingerprint density at radius 3 is 2.46 bits per heavy atom. The van der Waals surface area contributed by atoms with Crippen LogP contribution in [0.4, 0.5) is 8.78 Å². The number of carbonyl (C=O) groups is 2. The third-order valence-corrected chi connectivity index (χ3v) is 5.07. The van der Waals surface area contributed by atoms with E-state index in [4.69, 9.17) is 11.6 Å². The first-order valence-corrected chi connectivity index (χ1v) is 8.81. The van der Waals surface area contributed by atoms with Crippen molar-refractivity contribution < 1.29 is 28.6 Å². The molecule has 3 rings (SSSR count). The highest BCUT2D eigenvalue weighted by Gasteiger charge is 2.30. The highest BCUT2D eigenvalue weighted by Crippen LogP contribution is 2.38. The number of aromatic hydroxyl groups is 1. The fraction of sp³-hybridized carbons (Fsp3) is 0.200. The summed E-state index contributed by atoms with van der Waals surface area (Å²) in [5.41, 5.74) is 0.350. The van der Waals surface area contributed by atoms with Crippen LogP contribution in [0, 0.1) is 18.6 Å². The van der Waals surface area contributed by atoms with Gasteiger partial charge < -0.3 is 10.2 Å².